The highest BCUT2D eigenvalue weighted by atomic mass is 16.6. The van der Waals surface area contributed by atoms with E-state index in [0.29, 0.717) is 45.1 Å². The molecular formula is C47H88O9. The Kier molecular flexibility index (Phi) is 40.8. The highest BCUT2D eigenvalue weighted by Gasteiger charge is 2.16. The summed E-state index contributed by atoms with van der Waals surface area (Å²) < 4.78 is 21.9. The van der Waals surface area contributed by atoms with Crippen LogP contribution >= 0.6 is 0 Å². The molecule has 1 unspecified atom stereocenters. The number of unbranched alkanes of at least 4 members (excludes halogenated alkanes) is 23. The van der Waals surface area contributed by atoms with E-state index in [1.54, 1.807) is 0 Å². The first-order chi connectivity index (χ1) is 27.4. The maximum absolute atomic E-state index is 12.6. The van der Waals surface area contributed by atoms with Crippen molar-refractivity contribution in [3.63, 3.8) is 0 Å². The van der Waals surface area contributed by atoms with Crippen LogP contribution in [-0.2, 0) is 38.1 Å². The van der Waals surface area contributed by atoms with Gasteiger partial charge in [-0.3, -0.25) is 19.2 Å². The molecule has 330 valence electrons. The SMILES string of the molecule is CCCCCCCCCCOC(=O)CCCCCCCC(=O)OCC(CO)COC(=O)CCCCCC(=O)OC(CCCCCCCC)CCCCCCCC. The Balaban J connectivity index is 3.96. The monoisotopic (exact) mass is 797 g/mol. The molecule has 0 aliphatic heterocycles. The molecule has 0 amide bonds. The lowest BCUT2D eigenvalue weighted by molar-refractivity contribution is -0.151. The maximum atomic E-state index is 12.6. The summed E-state index contributed by atoms with van der Waals surface area (Å²) in [5.41, 5.74) is 0. The van der Waals surface area contributed by atoms with Crippen molar-refractivity contribution in [2.45, 2.75) is 245 Å². The van der Waals surface area contributed by atoms with Gasteiger partial charge in [0.1, 0.15) is 6.10 Å². The summed E-state index contributed by atoms with van der Waals surface area (Å²) in [5.74, 6) is -1.39. The van der Waals surface area contributed by atoms with Gasteiger partial charge in [-0.15, -0.1) is 0 Å². The molecule has 0 aromatic heterocycles. The predicted molar refractivity (Wildman–Crippen MR) is 227 cm³/mol. The standard InChI is InChI=1S/C47H88O9/c1-4-7-10-13-16-17-23-31-38-53-44(49)34-27-21-18-22-28-35-45(50)54-40-42(39-48)41-55-46(51)36-29-24-30-37-47(52)56-43(32-25-19-14-11-8-5-2)33-26-20-15-12-9-6-3/h42-43,48H,4-41H2,1-3H3. The van der Waals surface area contributed by atoms with Gasteiger partial charge in [0.2, 0.25) is 0 Å². The van der Waals surface area contributed by atoms with Crippen molar-refractivity contribution in [2.75, 3.05) is 26.4 Å². The van der Waals surface area contributed by atoms with E-state index in [-0.39, 0.29) is 56.2 Å². The molecule has 0 aliphatic carbocycles. The lowest BCUT2D eigenvalue weighted by atomic mass is 10.0. The van der Waals surface area contributed by atoms with E-state index in [4.69, 9.17) is 18.9 Å². The predicted octanol–water partition coefficient (Wildman–Crippen LogP) is 12.5. The normalized spacial score (nSPS) is 11.8. The zero-order valence-corrected chi connectivity index (χ0v) is 36.7. The first-order valence-electron chi connectivity index (χ1n) is 23.6. The topological polar surface area (TPSA) is 125 Å². The number of hydrogen-bond donors (Lipinski definition) is 1. The fraction of sp³-hybridized carbons (Fsp3) is 0.915. The smallest absolute Gasteiger partial charge is 0.306 e. The van der Waals surface area contributed by atoms with Crippen molar-refractivity contribution in [2.24, 2.45) is 5.92 Å². The van der Waals surface area contributed by atoms with Crippen molar-refractivity contribution >= 4 is 23.9 Å². The van der Waals surface area contributed by atoms with Crippen LogP contribution in [0.15, 0.2) is 0 Å². The Morgan fingerprint density at radius 1 is 0.393 bits per heavy atom. The molecule has 0 aliphatic rings. The van der Waals surface area contributed by atoms with Crippen molar-refractivity contribution in [3.05, 3.63) is 0 Å². The lowest BCUT2D eigenvalue weighted by Gasteiger charge is -2.18. The fourth-order valence-electron chi connectivity index (χ4n) is 6.81. The summed E-state index contributed by atoms with van der Waals surface area (Å²) in [5, 5.41) is 9.69. The van der Waals surface area contributed by atoms with E-state index in [9.17, 15) is 24.3 Å². The number of aliphatic hydroxyl groups excluding tert-OH is 1. The number of carbonyl (C=O) groups is 4. The van der Waals surface area contributed by atoms with Crippen LogP contribution in [0.3, 0.4) is 0 Å². The highest BCUT2D eigenvalue weighted by molar-refractivity contribution is 5.70. The quantitative estimate of drug-likeness (QED) is 0.0364. The number of rotatable bonds is 43. The number of ether oxygens (including phenoxy) is 4. The van der Waals surface area contributed by atoms with Crippen LogP contribution in [0.5, 0.6) is 0 Å². The highest BCUT2D eigenvalue weighted by Crippen LogP contribution is 2.18. The Morgan fingerprint density at radius 3 is 1.12 bits per heavy atom. The van der Waals surface area contributed by atoms with Gasteiger partial charge in [0.25, 0.3) is 0 Å². The Labute approximate surface area is 343 Å². The second-order valence-corrected chi connectivity index (χ2v) is 16.2. The molecule has 1 N–H and O–H groups in total. The third-order valence-electron chi connectivity index (χ3n) is 10.6. The molecule has 0 spiro atoms. The molecule has 1 atom stereocenters. The molecule has 0 saturated heterocycles. The van der Waals surface area contributed by atoms with Gasteiger partial charge in [-0.1, -0.05) is 156 Å². The summed E-state index contributed by atoms with van der Waals surface area (Å²) in [6, 6.07) is 0. The molecule has 0 aromatic rings. The number of esters is 4. The van der Waals surface area contributed by atoms with E-state index >= 15 is 0 Å². The van der Waals surface area contributed by atoms with Gasteiger partial charge < -0.3 is 24.1 Å². The zero-order chi connectivity index (χ0) is 41.2. The van der Waals surface area contributed by atoms with Crippen LogP contribution in [0.25, 0.3) is 0 Å². The molecular weight excluding hydrogens is 709 g/mol. The van der Waals surface area contributed by atoms with Crippen LogP contribution in [0.1, 0.15) is 239 Å². The van der Waals surface area contributed by atoms with Gasteiger partial charge in [0.15, 0.2) is 0 Å². The molecule has 0 fully saturated rings. The number of aliphatic hydroxyl groups is 1. The molecule has 0 saturated carbocycles. The molecule has 0 radical (unpaired) electrons. The lowest BCUT2D eigenvalue weighted by Crippen LogP contribution is -2.23. The van der Waals surface area contributed by atoms with Crippen molar-refractivity contribution < 1.29 is 43.2 Å². The molecule has 9 heteroatoms. The summed E-state index contributed by atoms with van der Waals surface area (Å²) in [4.78, 5) is 49.0. The van der Waals surface area contributed by atoms with Crippen LogP contribution < -0.4 is 0 Å². The van der Waals surface area contributed by atoms with Gasteiger partial charge in [0, 0.05) is 25.7 Å². The second-order valence-electron chi connectivity index (χ2n) is 16.2. The number of hydrogen-bond acceptors (Lipinski definition) is 9. The summed E-state index contributed by atoms with van der Waals surface area (Å²) in [6.07, 6.45) is 34.1. The maximum Gasteiger partial charge on any atom is 0.306 e. The summed E-state index contributed by atoms with van der Waals surface area (Å²) >= 11 is 0. The molecule has 0 rings (SSSR count). The van der Waals surface area contributed by atoms with Gasteiger partial charge in [-0.25, -0.2) is 0 Å². The van der Waals surface area contributed by atoms with Crippen molar-refractivity contribution in [3.8, 4) is 0 Å². The number of carbonyl (C=O) groups excluding carboxylic acids is 4. The summed E-state index contributed by atoms with van der Waals surface area (Å²) in [7, 11) is 0. The third-order valence-corrected chi connectivity index (χ3v) is 10.6. The van der Waals surface area contributed by atoms with E-state index in [1.165, 1.54) is 103 Å². The molecule has 0 bridgehead atoms. The minimum Gasteiger partial charge on any atom is -0.466 e. The van der Waals surface area contributed by atoms with Gasteiger partial charge in [-0.2, -0.15) is 0 Å². The van der Waals surface area contributed by atoms with Crippen LogP contribution in [0.2, 0.25) is 0 Å². The first-order valence-corrected chi connectivity index (χ1v) is 23.6. The summed E-state index contributed by atoms with van der Waals surface area (Å²) in [6.45, 7) is 6.96. The molecule has 0 aromatic carbocycles. The van der Waals surface area contributed by atoms with E-state index < -0.39 is 5.92 Å². The van der Waals surface area contributed by atoms with E-state index in [1.807, 2.05) is 0 Å². The van der Waals surface area contributed by atoms with Gasteiger partial charge in [0.05, 0.1) is 32.3 Å². The Hall–Kier alpha value is -2.16. The molecule has 9 nitrogen and oxygen atoms in total. The minimum absolute atomic E-state index is 0.00447. The van der Waals surface area contributed by atoms with Crippen LogP contribution in [0, 0.1) is 5.92 Å². The average Bonchev–Trinajstić information content (AvgIpc) is 3.19. The largest absolute Gasteiger partial charge is 0.466 e. The average molecular weight is 797 g/mol. The third kappa shape index (κ3) is 38.7. The van der Waals surface area contributed by atoms with E-state index in [0.717, 1.165) is 70.6 Å². The first kappa shape index (κ1) is 53.8. The van der Waals surface area contributed by atoms with E-state index in [2.05, 4.69) is 20.8 Å². The molecule has 56 heavy (non-hydrogen) atoms. The minimum atomic E-state index is -0.464. The Bertz CT molecular complexity index is 892. The van der Waals surface area contributed by atoms with Gasteiger partial charge in [-0.05, 0) is 57.8 Å². The van der Waals surface area contributed by atoms with Gasteiger partial charge >= 0.3 is 23.9 Å². The van der Waals surface area contributed by atoms with Crippen molar-refractivity contribution in [1.29, 1.82) is 0 Å². The fourth-order valence-corrected chi connectivity index (χ4v) is 6.81. The van der Waals surface area contributed by atoms with Crippen molar-refractivity contribution in [1.82, 2.24) is 0 Å². The van der Waals surface area contributed by atoms with Crippen LogP contribution in [-0.4, -0.2) is 61.5 Å². The van der Waals surface area contributed by atoms with Crippen LogP contribution in [0.4, 0.5) is 0 Å². The zero-order valence-electron chi connectivity index (χ0n) is 36.7. The Morgan fingerprint density at radius 2 is 0.714 bits per heavy atom. The second kappa shape index (κ2) is 42.4. The molecule has 0 heterocycles.